The van der Waals surface area contributed by atoms with Crippen LogP contribution in [0.1, 0.15) is 25.5 Å². The predicted molar refractivity (Wildman–Crippen MR) is 79.0 cm³/mol. The second-order valence-corrected chi connectivity index (χ2v) is 4.18. The molecule has 0 fully saturated rings. The summed E-state index contributed by atoms with van der Waals surface area (Å²) in [6.45, 7) is 4.13. The van der Waals surface area contributed by atoms with Crippen molar-refractivity contribution in [3.8, 4) is 12.3 Å². The number of hydrogen-bond acceptors (Lipinski definition) is 4. The van der Waals surface area contributed by atoms with Crippen molar-refractivity contribution in [2.24, 2.45) is 0 Å². The topological polar surface area (TPSA) is 71.2 Å². The van der Waals surface area contributed by atoms with Crippen molar-refractivity contribution in [2.45, 2.75) is 25.5 Å². The van der Waals surface area contributed by atoms with Gasteiger partial charge in [0.1, 0.15) is 5.82 Å². The van der Waals surface area contributed by atoms with Crippen molar-refractivity contribution in [1.82, 2.24) is 10.3 Å². The lowest BCUT2D eigenvalue weighted by molar-refractivity contribution is 0.167. The number of nitrogen functional groups attached to an aromatic ring is 1. The average molecular weight is 292 g/mol. The Morgan fingerprint density at radius 1 is 1.50 bits per heavy atom. The highest BCUT2D eigenvalue weighted by molar-refractivity contribution is 5.85. The first-order valence-corrected chi connectivity index (χ1v) is 5.07. The molecule has 18 heavy (non-hydrogen) atoms. The van der Waals surface area contributed by atoms with Gasteiger partial charge in [0.2, 0.25) is 0 Å². The summed E-state index contributed by atoms with van der Waals surface area (Å²) in [7, 11) is 0. The normalized spacial score (nSPS) is 11.7. The van der Waals surface area contributed by atoms with E-state index >= 15 is 0 Å². The van der Waals surface area contributed by atoms with Crippen molar-refractivity contribution in [1.29, 1.82) is 0 Å². The van der Waals surface area contributed by atoms with Crippen molar-refractivity contribution in [2.75, 3.05) is 12.3 Å². The Morgan fingerprint density at radius 2 is 2.11 bits per heavy atom. The summed E-state index contributed by atoms with van der Waals surface area (Å²) in [6, 6.07) is 3.41. The van der Waals surface area contributed by atoms with Gasteiger partial charge in [0.05, 0.1) is 11.6 Å². The number of hydrogen-bond donors (Lipinski definition) is 3. The highest BCUT2D eigenvalue weighted by atomic mass is 35.5. The second kappa shape index (κ2) is 8.17. The summed E-state index contributed by atoms with van der Waals surface area (Å²) in [4.78, 5) is 3.91. The van der Waals surface area contributed by atoms with Crippen LogP contribution in [0.3, 0.4) is 0 Å². The third-order valence-electron chi connectivity index (χ3n) is 2.29. The van der Waals surface area contributed by atoms with Gasteiger partial charge in [0, 0.05) is 18.3 Å². The monoisotopic (exact) mass is 291 g/mol. The number of aromatic nitrogens is 1. The number of terminal acetylenes is 1. The number of β-amino-alcohol motifs (C(OH)–C–C–N with tert-alkyl or cyclic N) is 1. The van der Waals surface area contributed by atoms with Gasteiger partial charge in [-0.2, -0.15) is 0 Å². The smallest absolute Gasteiger partial charge is 0.123 e. The molecular formula is C12H19Cl2N3O. The number of pyridine rings is 1. The van der Waals surface area contributed by atoms with Gasteiger partial charge in [-0.3, -0.25) is 5.32 Å². The van der Waals surface area contributed by atoms with Crippen LogP contribution in [0.2, 0.25) is 0 Å². The minimum atomic E-state index is -0.638. The molecule has 0 spiro atoms. The molecule has 4 nitrogen and oxygen atoms in total. The summed E-state index contributed by atoms with van der Waals surface area (Å²) >= 11 is 0. The molecule has 102 valence electrons. The highest BCUT2D eigenvalue weighted by Gasteiger charge is 2.15. The zero-order valence-electron chi connectivity index (χ0n) is 10.4. The van der Waals surface area contributed by atoms with Crippen molar-refractivity contribution in [3.05, 3.63) is 23.9 Å². The van der Waals surface area contributed by atoms with E-state index in [-0.39, 0.29) is 24.8 Å². The number of anilines is 1. The second-order valence-electron chi connectivity index (χ2n) is 4.18. The van der Waals surface area contributed by atoms with E-state index in [0.29, 0.717) is 12.4 Å². The maximum absolute atomic E-state index is 9.86. The molecule has 1 aromatic rings. The van der Waals surface area contributed by atoms with E-state index in [1.807, 2.05) is 13.8 Å². The van der Waals surface area contributed by atoms with Gasteiger partial charge < -0.3 is 10.8 Å². The largest absolute Gasteiger partial charge is 0.387 e. The summed E-state index contributed by atoms with van der Waals surface area (Å²) in [5, 5.41) is 12.9. The molecular weight excluding hydrogens is 273 g/mol. The molecule has 0 radical (unpaired) electrons. The van der Waals surface area contributed by atoms with Gasteiger partial charge in [-0.05, 0) is 19.9 Å². The van der Waals surface area contributed by atoms with Gasteiger partial charge in [-0.15, -0.1) is 31.2 Å². The van der Waals surface area contributed by atoms with Gasteiger partial charge >= 0.3 is 0 Å². The van der Waals surface area contributed by atoms with E-state index in [1.165, 1.54) is 0 Å². The highest BCUT2D eigenvalue weighted by Crippen LogP contribution is 2.12. The zero-order valence-corrected chi connectivity index (χ0v) is 12.0. The molecule has 0 saturated heterocycles. The Morgan fingerprint density at radius 3 is 2.56 bits per heavy atom. The third-order valence-corrected chi connectivity index (χ3v) is 2.29. The fraction of sp³-hybridized carbons (Fsp3) is 0.417. The zero-order chi connectivity index (χ0) is 12.2. The number of halogens is 2. The fourth-order valence-electron chi connectivity index (χ4n) is 1.13. The Kier molecular flexibility index (Phi) is 8.79. The number of rotatable bonds is 4. The number of aliphatic hydroxyl groups excluding tert-OH is 1. The molecule has 0 bridgehead atoms. The van der Waals surface area contributed by atoms with E-state index in [0.717, 1.165) is 5.56 Å². The Balaban J connectivity index is 0. The first-order chi connectivity index (χ1) is 7.44. The fourth-order valence-corrected chi connectivity index (χ4v) is 1.13. The first-order valence-electron chi connectivity index (χ1n) is 5.07. The third kappa shape index (κ3) is 6.08. The molecule has 0 aromatic carbocycles. The summed E-state index contributed by atoms with van der Waals surface area (Å²) in [5.41, 5.74) is 5.75. The molecule has 0 saturated carbocycles. The lowest BCUT2D eigenvalue weighted by atomic mass is 10.1. The Bertz CT molecular complexity index is 387. The van der Waals surface area contributed by atoms with Crippen LogP contribution < -0.4 is 11.1 Å². The average Bonchev–Trinajstić information content (AvgIpc) is 2.27. The summed E-state index contributed by atoms with van der Waals surface area (Å²) in [5.74, 6) is 3.04. The minimum absolute atomic E-state index is 0. The van der Waals surface area contributed by atoms with E-state index in [4.69, 9.17) is 12.2 Å². The van der Waals surface area contributed by atoms with Crippen LogP contribution in [0, 0.1) is 12.3 Å². The van der Waals surface area contributed by atoms with Gasteiger partial charge in [-0.25, -0.2) is 4.98 Å². The Labute approximate surface area is 120 Å². The van der Waals surface area contributed by atoms with Gasteiger partial charge in [0.25, 0.3) is 0 Å². The van der Waals surface area contributed by atoms with E-state index < -0.39 is 11.6 Å². The lowest BCUT2D eigenvalue weighted by Crippen LogP contribution is -2.40. The molecule has 6 heteroatoms. The molecule has 0 aliphatic rings. The van der Waals surface area contributed by atoms with Gasteiger partial charge in [-0.1, -0.05) is 12.0 Å². The van der Waals surface area contributed by atoms with E-state index in [2.05, 4.69) is 16.2 Å². The van der Waals surface area contributed by atoms with Crippen molar-refractivity contribution in [3.63, 3.8) is 0 Å². The van der Waals surface area contributed by atoms with Crippen LogP contribution in [-0.2, 0) is 0 Å². The summed E-state index contributed by atoms with van der Waals surface area (Å²) in [6.07, 6.45) is 6.25. The van der Waals surface area contributed by atoms with Crippen molar-refractivity contribution >= 4 is 30.6 Å². The summed E-state index contributed by atoms with van der Waals surface area (Å²) < 4.78 is 0. The molecule has 4 N–H and O–H groups in total. The molecule has 1 aromatic heterocycles. The molecule has 0 amide bonds. The number of nitrogens with one attached hydrogen (secondary N) is 1. The number of aliphatic hydroxyl groups is 1. The van der Waals surface area contributed by atoms with Crippen LogP contribution >= 0.6 is 24.8 Å². The maximum atomic E-state index is 9.86. The standard InChI is InChI=1S/C12H17N3O.2ClH/c1-4-12(2,3)15-8-10(16)9-5-6-11(13)14-7-9;;/h1,5-7,10,15-16H,8H2,2-3H3,(H2,13,14);2*1H. The van der Waals surface area contributed by atoms with E-state index in [9.17, 15) is 5.11 Å². The molecule has 0 aliphatic heterocycles. The van der Waals surface area contributed by atoms with E-state index in [1.54, 1.807) is 18.3 Å². The number of nitrogens with two attached hydrogens (primary N) is 1. The SMILES string of the molecule is C#CC(C)(C)NCC(O)c1ccc(N)nc1.Cl.Cl. The molecule has 1 atom stereocenters. The van der Waals surface area contributed by atoms with Crippen LogP contribution in [0.15, 0.2) is 18.3 Å². The predicted octanol–water partition coefficient (Wildman–Crippen LogP) is 1.54. The van der Waals surface area contributed by atoms with Crippen LogP contribution in [0.4, 0.5) is 5.82 Å². The lowest BCUT2D eigenvalue weighted by Gasteiger charge is -2.22. The Hall–Kier alpha value is -0.990. The van der Waals surface area contributed by atoms with Crippen molar-refractivity contribution < 1.29 is 5.11 Å². The van der Waals surface area contributed by atoms with Crippen LogP contribution in [0.5, 0.6) is 0 Å². The molecule has 1 heterocycles. The molecule has 1 unspecified atom stereocenters. The quantitative estimate of drug-likeness (QED) is 0.736. The number of nitrogens with zero attached hydrogens (tertiary/aromatic N) is 1. The molecule has 0 aliphatic carbocycles. The van der Waals surface area contributed by atoms with Crippen LogP contribution in [-0.4, -0.2) is 22.2 Å². The molecule has 1 rings (SSSR count). The first kappa shape index (κ1) is 19.4. The maximum Gasteiger partial charge on any atom is 0.123 e. The minimum Gasteiger partial charge on any atom is -0.387 e. The van der Waals surface area contributed by atoms with Crippen LogP contribution in [0.25, 0.3) is 0 Å². The van der Waals surface area contributed by atoms with Gasteiger partial charge in [0.15, 0.2) is 0 Å².